The molecule has 0 saturated carbocycles. The molecular formula is C26H24N4O6. The first kappa shape index (κ1) is 24.3. The number of allylic oxidation sites excluding steroid dienone is 1. The minimum absolute atomic E-state index is 0.0383. The summed E-state index contributed by atoms with van der Waals surface area (Å²) in [4.78, 5) is 41.5. The molecule has 2 aliphatic rings. The minimum Gasteiger partial charge on any atom is -0.497 e. The Labute approximate surface area is 207 Å². The van der Waals surface area contributed by atoms with Crippen LogP contribution in [0.25, 0.3) is 0 Å². The van der Waals surface area contributed by atoms with Gasteiger partial charge in [0.2, 0.25) is 17.7 Å². The van der Waals surface area contributed by atoms with Crippen LogP contribution in [0.3, 0.4) is 0 Å². The van der Waals surface area contributed by atoms with Gasteiger partial charge in [-0.25, -0.2) is 4.79 Å². The van der Waals surface area contributed by atoms with E-state index in [0.717, 1.165) is 0 Å². The van der Waals surface area contributed by atoms with Crippen molar-refractivity contribution in [1.29, 1.82) is 5.26 Å². The van der Waals surface area contributed by atoms with Crippen LogP contribution >= 0.6 is 0 Å². The van der Waals surface area contributed by atoms with E-state index in [2.05, 4.69) is 5.32 Å². The van der Waals surface area contributed by atoms with Crippen LogP contribution in [0.2, 0.25) is 0 Å². The molecule has 0 bridgehead atoms. The zero-order valence-electron chi connectivity index (χ0n) is 20.0. The lowest BCUT2D eigenvalue weighted by molar-refractivity contribution is -0.141. The second kappa shape index (κ2) is 9.46. The number of methoxy groups -OCH3 is 1. The summed E-state index contributed by atoms with van der Waals surface area (Å²) in [5.41, 5.74) is 4.95. The second-order valence-corrected chi connectivity index (χ2v) is 8.04. The number of amides is 2. The number of carbonyl (C=O) groups excluding carboxylic acids is 3. The number of nitriles is 1. The number of rotatable bonds is 6. The maximum Gasteiger partial charge on any atom is 0.339 e. The molecule has 10 heteroatoms. The van der Waals surface area contributed by atoms with Crippen molar-refractivity contribution in [1.82, 2.24) is 0 Å². The highest BCUT2D eigenvalue weighted by molar-refractivity contribution is 6.20. The molecule has 3 N–H and O–H groups in total. The van der Waals surface area contributed by atoms with Crippen LogP contribution < -0.4 is 20.7 Å². The molecule has 0 fully saturated rings. The van der Waals surface area contributed by atoms with Crippen LogP contribution in [-0.4, -0.2) is 38.0 Å². The summed E-state index contributed by atoms with van der Waals surface area (Å²) in [6, 6.07) is 15.3. The summed E-state index contributed by atoms with van der Waals surface area (Å²) in [7, 11) is 1.54. The number of anilines is 2. The van der Waals surface area contributed by atoms with E-state index >= 15 is 0 Å². The number of nitrogens with one attached hydrogen (secondary N) is 1. The van der Waals surface area contributed by atoms with Gasteiger partial charge < -0.3 is 30.2 Å². The molecule has 2 amide bonds. The van der Waals surface area contributed by atoms with Gasteiger partial charge in [-0.15, -0.1) is 0 Å². The summed E-state index contributed by atoms with van der Waals surface area (Å²) in [6.07, 6.45) is 0. The third kappa shape index (κ3) is 3.71. The number of nitrogens with zero attached hydrogens (tertiary/aromatic N) is 2. The van der Waals surface area contributed by atoms with Crippen LogP contribution in [-0.2, 0) is 29.3 Å². The number of nitrogens with two attached hydrogens (primary N) is 1. The fraction of sp³-hybridized carbons (Fsp3) is 0.231. The Kier molecular flexibility index (Phi) is 6.40. The number of esters is 1. The predicted molar refractivity (Wildman–Crippen MR) is 129 cm³/mol. The topological polar surface area (TPSA) is 144 Å². The monoisotopic (exact) mass is 488 g/mol. The Hall–Kier alpha value is -4.78. The molecule has 0 aromatic heterocycles. The van der Waals surface area contributed by atoms with Crippen molar-refractivity contribution in [3.63, 3.8) is 0 Å². The van der Waals surface area contributed by atoms with E-state index in [1.807, 2.05) is 6.07 Å². The standard InChI is InChI=1S/C26H24N4O6/c1-4-35-24(32)22-15(2)36-23(28)19(13-27)26(22)18-7-5-6-8-20(18)30(25(26)33)14-21(31)29-16-9-11-17(34-3)12-10-16/h5-12H,4,14,28H2,1-3H3,(H,29,31). The molecule has 2 aromatic carbocycles. The zero-order valence-corrected chi connectivity index (χ0v) is 20.0. The van der Waals surface area contributed by atoms with E-state index in [1.54, 1.807) is 55.5 Å². The third-order valence-electron chi connectivity index (χ3n) is 6.04. The molecule has 2 aromatic rings. The van der Waals surface area contributed by atoms with Crippen molar-refractivity contribution >= 4 is 29.2 Å². The summed E-state index contributed by atoms with van der Waals surface area (Å²) in [5, 5.41) is 12.8. The average molecular weight is 489 g/mol. The van der Waals surface area contributed by atoms with Gasteiger partial charge in [-0.05, 0) is 44.2 Å². The highest BCUT2D eigenvalue weighted by Gasteiger charge is 2.62. The predicted octanol–water partition coefficient (Wildman–Crippen LogP) is 2.48. The van der Waals surface area contributed by atoms with Gasteiger partial charge in [-0.3, -0.25) is 9.59 Å². The number of hydrogen-bond donors (Lipinski definition) is 2. The molecule has 184 valence electrons. The van der Waals surface area contributed by atoms with Crippen LogP contribution in [0.15, 0.2) is 71.3 Å². The van der Waals surface area contributed by atoms with Crippen LogP contribution in [0, 0.1) is 11.3 Å². The SMILES string of the molecule is CCOC(=O)C1=C(C)OC(N)=C(C#N)C12C(=O)N(CC(=O)Nc1ccc(OC)cc1)c1ccccc12. The molecule has 1 spiro atoms. The summed E-state index contributed by atoms with van der Waals surface area (Å²) < 4.78 is 15.8. The highest BCUT2D eigenvalue weighted by atomic mass is 16.5. The van der Waals surface area contributed by atoms with Gasteiger partial charge in [0.05, 0.1) is 13.7 Å². The summed E-state index contributed by atoms with van der Waals surface area (Å²) in [6.45, 7) is 2.76. The fourth-order valence-electron chi connectivity index (χ4n) is 4.59. The van der Waals surface area contributed by atoms with Gasteiger partial charge in [0.25, 0.3) is 0 Å². The summed E-state index contributed by atoms with van der Waals surface area (Å²) >= 11 is 0. The lowest BCUT2D eigenvalue weighted by Crippen LogP contribution is -2.49. The van der Waals surface area contributed by atoms with E-state index in [-0.39, 0.29) is 35.9 Å². The molecule has 0 saturated heterocycles. The van der Waals surface area contributed by atoms with Gasteiger partial charge in [0.15, 0.2) is 5.41 Å². The van der Waals surface area contributed by atoms with E-state index < -0.39 is 23.2 Å². The van der Waals surface area contributed by atoms with Crippen LogP contribution in [0.1, 0.15) is 19.4 Å². The molecule has 36 heavy (non-hydrogen) atoms. The minimum atomic E-state index is -1.91. The molecule has 10 nitrogen and oxygen atoms in total. The number of benzene rings is 2. The van der Waals surface area contributed by atoms with E-state index in [1.165, 1.54) is 18.9 Å². The number of ether oxygens (including phenoxy) is 3. The Morgan fingerprint density at radius 2 is 1.89 bits per heavy atom. The Morgan fingerprint density at radius 3 is 2.53 bits per heavy atom. The smallest absolute Gasteiger partial charge is 0.339 e. The highest BCUT2D eigenvalue weighted by Crippen LogP contribution is 2.54. The number of fused-ring (bicyclic) bond motifs is 2. The number of para-hydroxylation sites is 1. The molecule has 2 aliphatic heterocycles. The first-order chi connectivity index (χ1) is 17.3. The maximum absolute atomic E-state index is 14.2. The van der Waals surface area contributed by atoms with Crippen molar-refractivity contribution in [2.24, 2.45) is 5.73 Å². The van der Waals surface area contributed by atoms with Crippen molar-refractivity contribution in [2.45, 2.75) is 19.3 Å². The molecule has 0 aliphatic carbocycles. The maximum atomic E-state index is 14.2. The number of carbonyl (C=O) groups is 3. The zero-order chi connectivity index (χ0) is 26.0. The van der Waals surface area contributed by atoms with Gasteiger partial charge in [-0.1, -0.05) is 18.2 Å². The van der Waals surface area contributed by atoms with Gasteiger partial charge in [-0.2, -0.15) is 5.26 Å². The molecule has 1 atom stereocenters. The largest absolute Gasteiger partial charge is 0.497 e. The Balaban J connectivity index is 1.80. The average Bonchev–Trinajstić information content (AvgIpc) is 3.08. The normalized spacial score (nSPS) is 18.5. The fourth-order valence-corrected chi connectivity index (χ4v) is 4.59. The van der Waals surface area contributed by atoms with Crippen molar-refractivity contribution in [2.75, 3.05) is 30.5 Å². The van der Waals surface area contributed by atoms with Gasteiger partial charge in [0, 0.05) is 16.9 Å². The van der Waals surface area contributed by atoms with Crippen molar-refractivity contribution < 1.29 is 28.6 Å². The van der Waals surface area contributed by atoms with Crippen molar-refractivity contribution in [3.05, 3.63) is 76.9 Å². The van der Waals surface area contributed by atoms with Gasteiger partial charge in [0.1, 0.15) is 35.3 Å². The van der Waals surface area contributed by atoms with Crippen LogP contribution in [0.5, 0.6) is 5.75 Å². The lowest BCUT2D eigenvalue weighted by Gasteiger charge is -2.34. The first-order valence-electron chi connectivity index (χ1n) is 11.1. The van der Waals surface area contributed by atoms with Gasteiger partial charge >= 0.3 is 5.97 Å². The number of hydrogen-bond acceptors (Lipinski definition) is 8. The van der Waals surface area contributed by atoms with Crippen LogP contribution in [0.4, 0.5) is 11.4 Å². The Morgan fingerprint density at radius 1 is 1.19 bits per heavy atom. The molecule has 1 unspecified atom stereocenters. The quantitative estimate of drug-likeness (QED) is 0.590. The first-order valence-corrected chi connectivity index (χ1v) is 11.1. The lowest BCUT2D eigenvalue weighted by atomic mass is 9.68. The Bertz CT molecular complexity index is 1360. The second-order valence-electron chi connectivity index (χ2n) is 8.04. The molecule has 2 heterocycles. The molecular weight excluding hydrogens is 464 g/mol. The van der Waals surface area contributed by atoms with E-state index in [9.17, 15) is 19.6 Å². The van der Waals surface area contributed by atoms with E-state index in [4.69, 9.17) is 19.9 Å². The molecule has 4 rings (SSSR count). The van der Waals surface area contributed by atoms with E-state index in [0.29, 0.717) is 22.7 Å². The third-order valence-corrected chi connectivity index (χ3v) is 6.04. The van der Waals surface area contributed by atoms with Crippen molar-refractivity contribution in [3.8, 4) is 11.8 Å². The summed E-state index contributed by atoms with van der Waals surface area (Å²) in [5.74, 6) is -1.61. The molecule has 0 radical (unpaired) electrons.